The Morgan fingerprint density at radius 3 is 2.56 bits per heavy atom. The first-order valence-corrected chi connectivity index (χ1v) is 9.89. The summed E-state index contributed by atoms with van der Waals surface area (Å²) in [5.41, 5.74) is 2.21. The van der Waals surface area contributed by atoms with Crippen molar-refractivity contribution in [2.45, 2.75) is 52.7 Å². The molecule has 0 spiro atoms. The summed E-state index contributed by atoms with van der Waals surface area (Å²) in [5, 5.41) is 0. The second kappa shape index (κ2) is 7.71. The molecule has 1 amide bonds. The number of benzene rings is 1. The minimum atomic E-state index is -0.307. The van der Waals surface area contributed by atoms with E-state index in [0.717, 1.165) is 18.5 Å². The van der Waals surface area contributed by atoms with Crippen molar-refractivity contribution in [1.82, 2.24) is 0 Å². The van der Waals surface area contributed by atoms with Gasteiger partial charge in [0.15, 0.2) is 0 Å². The van der Waals surface area contributed by atoms with Gasteiger partial charge in [0, 0.05) is 15.8 Å². The molecule has 0 radical (unpaired) electrons. The van der Waals surface area contributed by atoms with Crippen LogP contribution in [0, 0.1) is 12.8 Å². The Morgan fingerprint density at radius 2 is 1.96 bits per heavy atom. The lowest BCUT2D eigenvalue weighted by Gasteiger charge is -2.33. The van der Waals surface area contributed by atoms with E-state index in [0.29, 0.717) is 12.5 Å². The SMILES string of the molecule is Cc1sc(-c2ccccc2)cc1N(C(=O)[C@H]1CC[C@@H](C)CO1)C(C)C. The lowest BCUT2D eigenvalue weighted by molar-refractivity contribution is -0.134. The summed E-state index contributed by atoms with van der Waals surface area (Å²) in [5.74, 6) is 0.645. The number of carbonyl (C=O) groups is 1. The Balaban J connectivity index is 1.88. The number of hydrogen-bond acceptors (Lipinski definition) is 3. The van der Waals surface area contributed by atoms with E-state index >= 15 is 0 Å². The van der Waals surface area contributed by atoms with Gasteiger partial charge in [-0.2, -0.15) is 0 Å². The van der Waals surface area contributed by atoms with Gasteiger partial charge in [-0.15, -0.1) is 11.3 Å². The summed E-state index contributed by atoms with van der Waals surface area (Å²) in [6, 6.07) is 12.6. The molecule has 25 heavy (non-hydrogen) atoms. The van der Waals surface area contributed by atoms with Crippen LogP contribution in [0.5, 0.6) is 0 Å². The lowest BCUT2D eigenvalue weighted by atomic mass is 9.99. The minimum absolute atomic E-state index is 0.0995. The Hall–Kier alpha value is -1.65. The topological polar surface area (TPSA) is 29.5 Å². The number of hydrogen-bond donors (Lipinski definition) is 0. The molecule has 1 aromatic heterocycles. The van der Waals surface area contributed by atoms with Crippen molar-refractivity contribution in [3.8, 4) is 10.4 Å². The zero-order valence-corrected chi connectivity index (χ0v) is 16.3. The summed E-state index contributed by atoms with van der Waals surface area (Å²) in [7, 11) is 0. The Labute approximate surface area is 154 Å². The third-order valence-corrected chi connectivity index (χ3v) is 5.83. The fourth-order valence-corrected chi connectivity index (χ4v) is 4.36. The van der Waals surface area contributed by atoms with Crippen LogP contribution in [0.4, 0.5) is 5.69 Å². The van der Waals surface area contributed by atoms with E-state index in [2.05, 4.69) is 45.9 Å². The molecule has 0 unspecified atom stereocenters. The molecule has 2 heterocycles. The molecule has 1 aliphatic heterocycles. The zero-order valence-electron chi connectivity index (χ0n) is 15.5. The molecule has 2 aromatic rings. The van der Waals surface area contributed by atoms with Gasteiger partial charge in [-0.1, -0.05) is 37.3 Å². The van der Waals surface area contributed by atoms with Crippen LogP contribution in [-0.2, 0) is 9.53 Å². The molecule has 3 rings (SSSR count). The van der Waals surface area contributed by atoms with E-state index in [1.54, 1.807) is 11.3 Å². The van der Waals surface area contributed by atoms with Gasteiger partial charge in [0.25, 0.3) is 5.91 Å². The number of carbonyl (C=O) groups excluding carboxylic acids is 1. The van der Waals surface area contributed by atoms with Crippen molar-refractivity contribution < 1.29 is 9.53 Å². The number of rotatable bonds is 4. The largest absolute Gasteiger partial charge is 0.368 e. The number of amides is 1. The third-order valence-electron chi connectivity index (χ3n) is 4.74. The first-order valence-electron chi connectivity index (χ1n) is 9.08. The summed E-state index contributed by atoms with van der Waals surface area (Å²) in [4.78, 5) is 17.5. The second-order valence-electron chi connectivity index (χ2n) is 7.22. The average Bonchev–Trinajstić information content (AvgIpc) is 2.98. The third kappa shape index (κ3) is 3.96. The van der Waals surface area contributed by atoms with Crippen molar-refractivity contribution >= 4 is 22.9 Å². The highest BCUT2D eigenvalue weighted by molar-refractivity contribution is 7.16. The van der Waals surface area contributed by atoms with Gasteiger partial charge in [0.05, 0.1) is 12.3 Å². The van der Waals surface area contributed by atoms with Gasteiger partial charge in [-0.05, 0) is 51.2 Å². The second-order valence-corrected chi connectivity index (χ2v) is 8.48. The number of thiophene rings is 1. The molecule has 4 heteroatoms. The molecule has 0 saturated carbocycles. The molecule has 1 saturated heterocycles. The Morgan fingerprint density at radius 1 is 1.24 bits per heavy atom. The molecule has 134 valence electrons. The molecule has 0 bridgehead atoms. The first kappa shape index (κ1) is 18.2. The van der Waals surface area contributed by atoms with Crippen LogP contribution in [0.25, 0.3) is 10.4 Å². The van der Waals surface area contributed by atoms with Gasteiger partial charge in [-0.3, -0.25) is 4.79 Å². The summed E-state index contributed by atoms with van der Waals surface area (Å²) < 4.78 is 5.85. The van der Waals surface area contributed by atoms with Gasteiger partial charge in [0.2, 0.25) is 0 Å². The van der Waals surface area contributed by atoms with Crippen molar-refractivity contribution in [3.63, 3.8) is 0 Å². The van der Waals surface area contributed by atoms with Crippen LogP contribution in [0.2, 0.25) is 0 Å². The highest BCUT2D eigenvalue weighted by atomic mass is 32.1. The molecule has 1 aliphatic rings. The molecular weight excluding hydrogens is 330 g/mol. The maximum absolute atomic E-state index is 13.2. The lowest BCUT2D eigenvalue weighted by Crippen LogP contribution is -2.46. The zero-order chi connectivity index (χ0) is 18.0. The van der Waals surface area contributed by atoms with E-state index in [9.17, 15) is 4.79 Å². The monoisotopic (exact) mass is 357 g/mol. The van der Waals surface area contributed by atoms with E-state index in [4.69, 9.17) is 4.74 Å². The maximum Gasteiger partial charge on any atom is 0.256 e. The number of anilines is 1. The first-order chi connectivity index (χ1) is 12.0. The van der Waals surface area contributed by atoms with Crippen LogP contribution in [0.3, 0.4) is 0 Å². The maximum atomic E-state index is 13.2. The molecule has 1 fully saturated rings. The van der Waals surface area contributed by atoms with E-state index in [1.807, 2.05) is 23.1 Å². The smallest absolute Gasteiger partial charge is 0.256 e. The van der Waals surface area contributed by atoms with E-state index in [1.165, 1.54) is 15.3 Å². The summed E-state index contributed by atoms with van der Waals surface area (Å²) >= 11 is 1.74. The predicted molar refractivity (Wildman–Crippen MR) is 105 cm³/mol. The van der Waals surface area contributed by atoms with Crippen molar-refractivity contribution in [1.29, 1.82) is 0 Å². The molecule has 3 nitrogen and oxygen atoms in total. The highest BCUT2D eigenvalue weighted by Gasteiger charge is 2.32. The predicted octanol–water partition coefficient (Wildman–Crippen LogP) is 5.28. The van der Waals surface area contributed by atoms with E-state index in [-0.39, 0.29) is 18.1 Å². The summed E-state index contributed by atoms with van der Waals surface area (Å²) in [6.45, 7) is 9.10. The molecular formula is C21H27NO2S. The van der Waals surface area contributed by atoms with Crippen LogP contribution < -0.4 is 4.90 Å². The standard InChI is InChI=1S/C21H27NO2S/c1-14(2)22(21(23)19-11-10-15(3)13-24-19)18-12-20(25-16(18)4)17-8-6-5-7-9-17/h5-9,12,14-15,19H,10-11,13H2,1-4H3/t15-,19-/m1/s1. The minimum Gasteiger partial charge on any atom is -0.368 e. The fraction of sp³-hybridized carbons (Fsp3) is 0.476. The number of aryl methyl sites for hydroxylation is 1. The quantitative estimate of drug-likeness (QED) is 0.745. The molecule has 0 N–H and O–H groups in total. The number of nitrogens with zero attached hydrogens (tertiary/aromatic N) is 1. The normalized spacial score (nSPS) is 20.7. The number of ether oxygens (including phenoxy) is 1. The van der Waals surface area contributed by atoms with Gasteiger partial charge in [0.1, 0.15) is 6.10 Å². The molecule has 1 aromatic carbocycles. The van der Waals surface area contributed by atoms with Crippen molar-refractivity contribution in [3.05, 3.63) is 41.3 Å². The molecule has 2 atom stereocenters. The van der Waals surface area contributed by atoms with Gasteiger partial charge in [-0.25, -0.2) is 0 Å². The van der Waals surface area contributed by atoms with Gasteiger partial charge >= 0.3 is 0 Å². The van der Waals surface area contributed by atoms with Crippen molar-refractivity contribution in [2.75, 3.05) is 11.5 Å². The Kier molecular flexibility index (Phi) is 5.60. The van der Waals surface area contributed by atoms with Crippen molar-refractivity contribution in [2.24, 2.45) is 5.92 Å². The van der Waals surface area contributed by atoms with Crippen LogP contribution >= 0.6 is 11.3 Å². The van der Waals surface area contributed by atoms with Crippen LogP contribution in [-0.4, -0.2) is 24.7 Å². The summed E-state index contributed by atoms with van der Waals surface area (Å²) in [6.07, 6.45) is 1.57. The van der Waals surface area contributed by atoms with Gasteiger partial charge < -0.3 is 9.64 Å². The molecule has 0 aliphatic carbocycles. The highest BCUT2D eigenvalue weighted by Crippen LogP contribution is 2.37. The van der Waals surface area contributed by atoms with Crippen LogP contribution in [0.15, 0.2) is 36.4 Å². The van der Waals surface area contributed by atoms with E-state index < -0.39 is 0 Å². The van der Waals surface area contributed by atoms with Crippen LogP contribution in [0.1, 0.15) is 38.5 Å². The fourth-order valence-electron chi connectivity index (χ4n) is 3.34. The average molecular weight is 358 g/mol. The Bertz CT molecular complexity index is 715.